The highest BCUT2D eigenvalue weighted by Crippen LogP contribution is 2.15. The van der Waals surface area contributed by atoms with E-state index in [0.717, 1.165) is 0 Å². The van der Waals surface area contributed by atoms with Gasteiger partial charge in [0.15, 0.2) is 17.1 Å². The summed E-state index contributed by atoms with van der Waals surface area (Å²) < 4.78 is 0. The molecule has 0 saturated heterocycles. The maximum atomic E-state index is 11.0. The van der Waals surface area contributed by atoms with Crippen LogP contribution in [-0.2, 0) is 14.4 Å². The molecule has 86 valence electrons. The van der Waals surface area contributed by atoms with Crippen LogP contribution in [-0.4, -0.2) is 35.9 Å². The molecule has 1 amide bonds. The minimum Gasteiger partial charge on any atom is -0.398 e. The first-order chi connectivity index (χ1) is 7.71. The first kappa shape index (κ1) is 12.6. The van der Waals surface area contributed by atoms with E-state index in [-0.39, 0.29) is 17.5 Å². The lowest BCUT2D eigenvalue weighted by molar-refractivity contribution is -0.114. The van der Waals surface area contributed by atoms with Crippen LogP contribution in [0.2, 0.25) is 0 Å². The SMILES string of the molecule is CO/N=C(\C=O)c1csc(NC(=O)CCl)n1. The Morgan fingerprint density at radius 1 is 1.81 bits per heavy atom. The fraction of sp³-hybridized carbons (Fsp3) is 0.250. The van der Waals surface area contributed by atoms with Gasteiger partial charge in [-0.15, -0.1) is 22.9 Å². The number of rotatable bonds is 5. The van der Waals surface area contributed by atoms with E-state index in [4.69, 9.17) is 11.6 Å². The number of nitrogens with zero attached hydrogens (tertiary/aromatic N) is 2. The molecule has 6 nitrogen and oxygen atoms in total. The number of amides is 1. The summed E-state index contributed by atoms with van der Waals surface area (Å²) in [6, 6.07) is 0. The van der Waals surface area contributed by atoms with Crippen molar-refractivity contribution >= 4 is 46.0 Å². The van der Waals surface area contributed by atoms with E-state index < -0.39 is 0 Å². The molecule has 1 N–H and O–H groups in total. The predicted octanol–water partition coefficient (Wildman–Crippen LogP) is 0.870. The van der Waals surface area contributed by atoms with Crippen molar-refractivity contribution in [2.45, 2.75) is 0 Å². The molecular weight excluding hydrogens is 254 g/mol. The largest absolute Gasteiger partial charge is 0.398 e. The quantitative estimate of drug-likeness (QED) is 0.369. The summed E-state index contributed by atoms with van der Waals surface area (Å²) in [5, 5.41) is 7.87. The lowest BCUT2D eigenvalue weighted by atomic mass is 10.3. The van der Waals surface area contributed by atoms with Gasteiger partial charge in [-0.3, -0.25) is 9.59 Å². The summed E-state index contributed by atoms with van der Waals surface area (Å²) in [6.45, 7) is 0. The number of anilines is 1. The van der Waals surface area contributed by atoms with Crippen molar-refractivity contribution in [3.8, 4) is 0 Å². The number of nitrogens with one attached hydrogen (secondary N) is 1. The van der Waals surface area contributed by atoms with Crippen LogP contribution < -0.4 is 5.32 Å². The van der Waals surface area contributed by atoms with Crippen LogP contribution in [0.3, 0.4) is 0 Å². The second-order valence-corrected chi connectivity index (χ2v) is 3.62. The number of carbonyl (C=O) groups is 2. The Balaban J connectivity index is 2.81. The standard InChI is InChI=1S/C8H8ClN3O3S/c1-15-12-5(3-13)6-4-16-8(10-6)11-7(14)2-9/h3-4H,2H2,1H3,(H,10,11,14)/b12-5+. The Bertz CT molecular complexity index is 418. The van der Waals surface area contributed by atoms with E-state index in [0.29, 0.717) is 17.1 Å². The zero-order valence-corrected chi connectivity index (χ0v) is 9.84. The molecule has 1 rings (SSSR count). The van der Waals surface area contributed by atoms with E-state index in [1.165, 1.54) is 18.4 Å². The monoisotopic (exact) mass is 261 g/mol. The van der Waals surface area contributed by atoms with Gasteiger partial charge in [-0.1, -0.05) is 5.16 Å². The lowest BCUT2D eigenvalue weighted by Gasteiger charge is -1.95. The fourth-order valence-corrected chi connectivity index (χ4v) is 1.62. The van der Waals surface area contributed by atoms with E-state index in [2.05, 4.69) is 20.3 Å². The van der Waals surface area contributed by atoms with Gasteiger partial charge < -0.3 is 10.2 Å². The zero-order chi connectivity index (χ0) is 12.0. The van der Waals surface area contributed by atoms with Gasteiger partial charge in [-0.25, -0.2) is 4.98 Å². The predicted molar refractivity (Wildman–Crippen MR) is 61.1 cm³/mol. The van der Waals surface area contributed by atoms with E-state index in [1.807, 2.05) is 0 Å². The number of alkyl halides is 1. The normalized spacial score (nSPS) is 11.0. The maximum Gasteiger partial charge on any atom is 0.241 e. The molecule has 0 aliphatic heterocycles. The Morgan fingerprint density at radius 2 is 2.56 bits per heavy atom. The second kappa shape index (κ2) is 6.19. The third kappa shape index (κ3) is 3.28. The van der Waals surface area contributed by atoms with Gasteiger partial charge in [-0.2, -0.15) is 0 Å². The molecule has 0 aliphatic carbocycles. The van der Waals surface area contributed by atoms with Gasteiger partial charge in [-0.05, 0) is 0 Å². The number of hydrogen-bond donors (Lipinski definition) is 1. The van der Waals surface area contributed by atoms with Crippen LogP contribution in [0, 0.1) is 0 Å². The van der Waals surface area contributed by atoms with Crippen LogP contribution in [0.15, 0.2) is 10.5 Å². The topological polar surface area (TPSA) is 80.6 Å². The third-order valence-electron chi connectivity index (χ3n) is 1.44. The molecule has 1 aromatic rings. The third-order valence-corrected chi connectivity index (χ3v) is 2.44. The Kier molecular flexibility index (Phi) is 4.87. The Morgan fingerprint density at radius 3 is 3.12 bits per heavy atom. The van der Waals surface area contributed by atoms with E-state index in [9.17, 15) is 9.59 Å². The number of aromatic nitrogens is 1. The Labute approximate surface area is 100 Å². The molecule has 0 aromatic carbocycles. The highest BCUT2D eigenvalue weighted by Gasteiger charge is 2.10. The van der Waals surface area contributed by atoms with Crippen molar-refractivity contribution in [1.82, 2.24) is 4.98 Å². The van der Waals surface area contributed by atoms with Crippen molar-refractivity contribution in [3.05, 3.63) is 11.1 Å². The number of thiazole rings is 1. The van der Waals surface area contributed by atoms with Gasteiger partial charge in [0.25, 0.3) is 0 Å². The van der Waals surface area contributed by atoms with Crippen LogP contribution >= 0.6 is 22.9 Å². The number of halogens is 1. The molecule has 1 aromatic heterocycles. The molecule has 0 aliphatic rings. The van der Waals surface area contributed by atoms with Gasteiger partial charge in [0.1, 0.15) is 18.7 Å². The highest BCUT2D eigenvalue weighted by atomic mass is 35.5. The highest BCUT2D eigenvalue weighted by molar-refractivity contribution is 7.14. The summed E-state index contributed by atoms with van der Waals surface area (Å²) in [4.78, 5) is 30.0. The minimum atomic E-state index is -0.362. The fourth-order valence-electron chi connectivity index (χ4n) is 0.828. The molecule has 0 bridgehead atoms. The minimum absolute atomic E-state index is 0.0603. The molecule has 0 fully saturated rings. The van der Waals surface area contributed by atoms with Crippen molar-refractivity contribution in [3.63, 3.8) is 0 Å². The van der Waals surface area contributed by atoms with Crippen molar-refractivity contribution < 1.29 is 14.4 Å². The summed E-state index contributed by atoms with van der Waals surface area (Å²) in [5.41, 5.74) is 0.400. The molecule has 0 saturated carbocycles. The molecule has 8 heteroatoms. The van der Waals surface area contributed by atoms with Gasteiger partial charge in [0.05, 0.1) is 0 Å². The van der Waals surface area contributed by atoms with E-state index in [1.54, 1.807) is 5.38 Å². The molecule has 0 atom stereocenters. The average Bonchev–Trinajstić information content (AvgIpc) is 2.74. The van der Waals surface area contributed by atoms with Gasteiger partial charge in [0, 0.05) is 5.38 Å². The number of oxime groups is 1. The summed E-state index contributed by atoms with van der Waals surface area (Å²) in [7, 11) is 1.33. The molecule has 0 unspecified atom stereocenters. The second-order valence-electron chi connectivity index (χ2n) is 2.50. The van der Waals surface area contributed by atoms with Gasteiger partial charge >= 0.3 is 0 Å². The zero-order valence-electron chi connectivity index (χ0n) is 8.27. The summed E-state index contributed by atoms with van der Waals surface area (Å²) in [5.74, 6) is -0.513. The van der Waals surface area contributed by atoms with Crippen molar-refractivity contribution in [2.75, 3.05) is 18.3 Å². The number of aldehydes is 1. The molecule has 0 radical (unpaired) electrons. The first-order valence-electron chi connectivity index (χ1n) is 4.09. The molecule has 0 spiro atoms. The lowest BCUT2D eigenvalue weighted by Crippen LogP contribution is -2.12. The van der Waals surface area contributed by atoms with Crippen LogP contribution in [0.25, 0.3) is 0 Å². The van der Waals surface area contributed by atoms with Crippen LogP contribution in [0.4, 0.5) is 5.13 Å². The number of hydrogen-bond acceptors (Lipinski definition) is 6. The van der Waals surface area contributed by atoms with Crippen LogP contribution in [0.5, 0.6) is 0 Å². The summed E-state index contributed by atoms with van der Waals surface area (Å²) >= 11 is 6.48. The summed E-state index contributed by atoms with van der Waals surface area (Å²) in [6.07, 6.45) is 0.520. The molecular formula is C8H8ClN3O3S. The number of carbonyl (C=O) groups excluding carboxylic acids is 2. The van der Waals surface area contributed by atoms with Crippen molar-refractivity contribution in [2.24, 2.45) is 5.16 Å². The average molecular weight is 262 g/mol. The maximum absolute atomic E-state index is 11.0. The van der Waals surface area contributed by atoms with E-state index >= 15 is 0 Å². The van der Waals surface area contributed by atoms with Crippen molar-refractivity contribution in [1.29, 1.82) is 0 Å². The Hall–Kier alpha value is -1.47. The molecule has 16 heavy (non-hydrogen) atoms. The first-order valence-corrected chi connectivity index (χ1v) is 5.50. The van der Waals surface area contributed by atoms with Gasteiger partial charge in [0.2, 0.25) is 5.91 Å². The molecule has 1 heterocycles. The smallest absolute Gasteiger partial charge is 0.241 e. The van der Waals surface area contributed by atoms with Crippen LogP contribution in [0.1, 0.15) is 5.69 Å².